The highest BCUT2D eigenvalue weighted by atomic mass is 16.8. The standard InChI is InChI=1S/C37H40O18/c1-48-25-9-17(10-26(49-2)30(25)43)3-8-28(42)51-20-11-21(40)29-22(41)13-23(53-24(29)12-20)18-4-6-19(7-5-18)52-35-33(32(45)31(44)27(14-38)54-35)55-36-34(46)37(47,15-39)16-50-36/h3-12,23,27,31-36,38-40,43-47H,13-16H2,1-2H3/b8-3+/t23-,27+,31+,32-,33+,34-,35+,36-,37+/m0/s1. The summed E-state index contributed by atoms with van der Waals surface area (Å²) >= 11 is 0. The van der Waals surface area contributed by atoms with Crippen LogP contribution >= 0.6 is 0 Å². The van der Waals surface area contributed by atoms with Crippen molar-refractivity contribution in [1.82, 2.24) is 0 Å². The van der Waals surface area contributed by atoms with E-state index >= 15 is 0 Å². The van der Waals surface area contributed by atoms with Gasteiger partial charge in [0.25, 0.3) is 0 Å². The zero-order valence-corrected chi connectivity index (χ0v) is 29.4. The number of carbonyl (C=O) groups is 2. The van der Waals surface area contributed by atoms with Gasteiger partial charge < -0.3 is 78.7 Å². The fourth-order valence-corrected chi connectivity index (χ4v) is 6.24. The lowest BCUT2D eigenvalue weighted by atomic mass is 9.95. The van der Waals surface area contributed by atoms with E-state index in [-0.39, 0.29) is 46.5 Å². The summed E-state index contributed by atoms with van der Waals surface area (Å²) in [4.78, 5) is 25.8. The molecule has 0 unspecified atom stereocenters. The molecule has 2 fully saturated rings. The second-order valence-electron chi connectivity index (χ2n) is 13.0. The van der Waals surface area contributed by atoms with Gasteiger partial charge in [0.15, 0.2) is 29.7 Å². The van der Waals surface area contributed by atoms with Crippen LogP contribution in [0.25, 0.3) is 6.08 Å². The number of ketones is 1. The van der Waals surface area contributed by atoms with E-state index in [2.05, 4.69) is 0 Å². The van der Waals surface area contributed by atoms with E-state index in [1.807, 2.05) is 0 Å². The molecule has 18 nitrogen and oxygen atoms in total. The Morgan fingerprint density at radius 1 is 0.945 bits per heavy atom. The largest absolute Gasteiger partial charge is 0.507 e. The van der Waals surface area contributed by atoms with Crippen LogP contribution in [0.1, 0.15) is 34.0 Å². The number of carbonyl (C=O) groups excluding carboxylic acids is 2. The summed E-state index contributed by atoms with van der Waals surface area (Å²) in [5, 5.41) is 82.0. The average molecular weight is 773 g/mol. The van der Waals surface area contributed by atoms with Gasteiger partial charge in [0.2, 0.25) is 12.0 Å². The van der Waals surface area contributed by atoms with E-state index in [0.29, 0.717) is 11.1 Å². The van der Waals surface area contributed by atoms with Crippen molar-refractivity contribution in [3.05, 3.63) is 71.3 Å². The monoisotopic (exact) mass is 772 g/mol. The first-order valence-electron chi connectivity index (χ1n) is 16.9. The number of Topliss-reactive ketones (excluding diaryl/α,β-unsaturated/α-hetero) is 1. The van der Waals surface area contributed by atoms with Crippen molar-refractivity contribution >= 4 is 17.8 Å². The lowest BCUT2D eigenvalue weighted by molar-refractivity contribution is -0.318. The minimum absolute atomic E-state index is 0.0380. The van der Waals surface area contributed by atoms with E-state index in [1.54, 1.807) is 12.1 Å². The number of fused-ring (bicyclic) bond motifs is 1. The van der Waals surface area contributed by atoms with Gasteiger partial charge in [0.1, 0.15) is 64.7 Å². The van der Waals surface area contributed by atoms with E-state index in [0.717, 1.165) is 12.1 Å². The van der Waals surface area contributed by atoms with Gasteiger partial charge in [-0.2, -0.15) is 0 Å². The molecule has 0 radical (unpaired) electrons. The van der Waals surface area contributed by atoms with Gasteiger partial charge in [-0.3, -0.25) is 4.79 Å². The second-order valence-corrected chi connectivity index (χ2v) is 13.0. The average Bonchev–Trinajstić information content (AvgIpc) is 3.46. The van der Waals surface area contributed by atoms with Gasteiger partial charge in [-0.25, -0.2) is 4.79 Å². The molecule has 0 bridgehead atoms. The molecule has 18 heteroatoms. The summed E-state index contributed by atoms with van der Waals surface area (Å²) in [6.45, 7) is -2.02. The first-order valence-corrected chi connectivity index (χ1v) is 16.9. The molecule has 0 aromatic heterocycles. The van der Waals surface area contributed by atoms with Crippen LogP contribution in [0.3, 0.4) is 0 Å². The number of methoxy groups -OCH3 is 2. The fourth-order valence-electron chi connectivity index (χ4n) is 6.24. The predicted octanol–water partition coefficient (Wildman–Crippen LogP) is 0.0839. The number of phenolic OH excluding ortho intramolecular Hbond substituents is 2. The fraction of sp³-hybridized carbons (Fsp3) is 0.405. The number of rotatable bonds is 12. The van der Waals surface area contributed by atoms with Crippen molar-refractivity contribution in [2.75, 3.05) is 34.0 Å². The molecular weight excluding hydrogens is 732 g/mol. The van der Waals surface area contributed by atoms with Crippen molar-refractivity contribution in [3.63, 3.8) is 0 Å². The van der Waals surface area contributed by atoms with Crippen LogP contribution in [0, 0.1) is 0 Å². The second kappa shape index (κ2) is 16.4. The van der Waals surface area contributed by atoms with Crippen LogP contribution in [-0.2, 0) is 19.0 Å². The summed E-state index contributed by atoms with van der Waals surface area (Å²) in [7, 11) is 2.72. The summed E-state index contributed by atoms with van der Waals surface area (Å²) in [6.07, 6.45) is -9.40. The highest BCUT2D eigenvalue weighted by molar-refractivity contribution is 6.03. The molecule has 0 amide bonds. The number of benzene rings is 3. The Labute approximate surface area is 312 Å². The Balaban J connectivity index is 1.14. The molecule has 6 rings (SSSR count). The van der Waals surface area contributed by atoms with Crippen LogP contribution in [-0.4, -0.2) is 135 Å². The van der Waals surface area contributed by atoms with Crippen LogP contribution in [0.2, 0.25) is 0 Å². The Morgan fingerprint density at radius 2 is 1.64 bits per heavy atom. The highest BCUT2D eigenvalue weighted by Gasteiger charge is 2.53. The maximum Gasteiger partial charge on any atom is 0.336 e. The van der Waals surface area contributed by atoms with Crippen molar-refractivity contribution in [1.29, 1.82) is 0 Å². The topological polar surface area (TPSA) is 270 Å². The number of esters is 1. The zero-order chi connectivity index (χ0) is 39.6. The Morgan fingerprint density at radius 3 is 2.25 bits per heavy atom. The summed E-state index contributed by atoms with van der Waals surface area (Å²) in [6, 6.07) is 11.5. The lowest BCUT2D eigenvalue weighted by Gasteiger charge is -2.42. The molecule has 3 aliphatic rings. The van der Waals surface area contributed by atoms with E-state index < -0.39 is 92.1 Å². The molecule has 3 aromatic rings. The summed E-state index contributed by atoms with van der Waals surface area (Å²) in [5.41, 5.74) is -1.17. The molecular formula is C37H40O18. The molecule has 2 saturated heterocycles. The van der Waals surface area contributed by atoms with Gasteiger partial charge in [-0.05, 0) is 41.5 Å². The molecule has 0 saturated carbocycles. The van der Waals surface area contributed by atoms with Crippen molar-refractivity contribution in [3.8, 4) is 40.2 Å². The number of hydrogen-bond donors (Lipinski definition) is 8. The van der Waals surface area contributed by atoms with Crippen LogP contribution in [0.5, 0.6) is 40.2 Å². The Kier molecular flexibility index (Phi) is 11.8. The number of aliphatic hydroxyl groups is 6. The van der Waals surface area contributed by atoms with Gasteiger partial charge in [-0.15, -0.1) is 0 Å². The molecule has 9 atom stereocenters. The highest BCUT2D eigenvalue weighted by Crippen LogP contribution is 2.43. The maximum atomic E-state index is 13.1. The third-order valence-electron chi connectivity index (χ3n) is 9.31. The smallest absolute Gasteiger partial charge is 0.336 e. The number of phenols is 2. The minimum Gasteiger partial charge on any atom is -0.507 e. The summed E-state index contributed by atoms with van der Waals surface area (Å²) < 4.78 is 44.2. The normalized spacial score (nSPS) is 29.1. The Bertz CT molecular complexity index is 1870. The van der Waals surface area contributed by atoms with E-state index in [1.165, 1.54) is 50.6 Å². The number of hydrogen-bond acceptors (Lipinski definition) is 18. The van der Waals surface area contributed by atoms with E-state index in [9.17, 15) is 50.4 Å². The van der Waals surface area contributed by atoms with Gasteiger partial charge in [-0.1, -0.05) is 12.1 Å². The molecule has 0 spiro atoms. The van der Waals surface area contributed by atoms with Crippen molar-refractivity contribution in [2.24, 2.45) is 0 Å². The number of aliphatic hydroxyl groups excluding tert-OH is 5. The summed E-state index contributed by atoms with van der Waals surface area (Å²) in [5.74, 6) is -1.71. The van der Waals surface area contributed by atoms with Gasteiger partial charge >= 0.3 is 5.97 Å². The third kappa shape index (κ3) is 8.18. The predicted molar refractivity (Wildman–Crippen MR) is 184 cm³/mol. The first-order chi connectivity index (χ1) is 26.3. The van der Waals surface area contributed by atoms with Gasteiger partial charge in [0.05, 0.1) is 40.5 Å². The van der Waals surface area contributed by atoms with Gasteiger partial charge in [0, 0.05) is 18.2 Å². The zero-order valence-electron chi connectivity index (χ0n) is 29.4. The van der Waals surface area contributed by atoms with E-state index in [4.69, 9.17) is 37.9 Å². The first kappa shape index (κ1) is 39.7. The van der Waals surface area contributed by atoms with Crippen molar-refractivity contribution in [2.45, 2.75) is 61.2 Å². The quantitative estimate of drug-likeness (QED) is 0.0688. The maximum absolute atomic E-state index is 13.1. The van der Waals surface area contributed by atoms with Crippen LogP contribution < -0.4 is 23.7 Å². The minimum atomic E-state index is -2.03. The lowest BCUT2D eigenvalue weighted by Crippen LogP contribution is -2.62. The molecule has 55 heavy (non-hydrogen) atoms. The molecule has 3 aromatic carbocycles. The van der Waals surface area contributed by atoms with Crippen molar-refractivity contribution < 1.29 is 88.3 Å². The van der Waals surface area contributed by atoms with Crippen LogP contribution in [0.15, 0.2) is 54.6 Å². The number of ether oxygens (including phenoxy) is 8. The van der Waals surface area contributed by atoms with Crippen LogP contribution in [0.4, 0.5) is 0 Å². The molecule has 3 aliphatic heterocycles. The third-order valence-corrected chi connectivity index (χ3v) is 9.31. The number of aromatic hydroxyl groups is 2. The molecule has 8 N–H and O–H groups in total. The Hall–Kier alpha value is -5.02. The molecule has 3 heterocycles. The molecule has 0 aliphatic carbocycles. The molecule has 296 valence electrons. The SMILES string of the molecule is COc1cc(/C=C/C(=O)Oc2cc(O)c3c(c2)O[C@H](c2ccc(O[C@@H]4O[C@H](CO)[C@@H](O)[C@H](O)[C@H]4O[C@@H]4OC[C@](O)(CO)[C@H]4O)cc2)CC3=O)cc(OC)c1O.